The summed E-state index contributed by atoms with van der Waals surface area (Å²) in [7, 11) is 1.76. The summed E-state index contributed by atoms with van der Waals surface area (Å²) in [5.74, 6) is 0. The molecule has 0 unspecified atom stereocenters. The van der Waals surface area contributed by atoms with Gasteiger partial charge in [-0.3, -0.25) is 0 Å². The molecular formula is C10H22OSn. The van der Waals surface area contributed by atoms with Gasteiger partial charge in [-0.2, -0.15) is 0 Å². The molecule has 0 radical (unpaired) electrons. The van der Waals surface area contributed by atoms with Gasteiger partial charge in [-0.1, -0.05) is 0 Å². The summed E-state index contributed by atoms with van der Waals surface area (Å²) in [6.07, 6.45) is 2.23. The molecule has 0 aromatic heterocycles. The monoisotopic (exact) mass is 278 g/mol. The van der Waals surface area contributed by atoms with Crippen LogP contribution in [-0.2, 0) is 4.74 Å². The first kappa shape index (κ1) is 12.5. The first-order valence-electron chi connectivity index (χ1n) is 4.91. The standard InChI is InChI=1S/C4H7O.3C2H5.Sn/c1-3-4-5-2;3*1-2;/h1,3H,4H2,2H3;3*1H2,2H3;. The molecule has 0 fully saturated rings. The van der Waals surface area contributed by atoms with E-state index in [1.807, 2.05) is 0 Å². The summed E-state index contributed by atoms with van der Waals surface area (Å²) in [6.45, 7) is 7.83. The fraction of sp³-hybridized carbons (Fsp3) is 0.800. The van der Waals surface area contributed by atoms with E-state index < -0.39 is 18.4 Å². The van der Waals surface area contributed by atoms with Gasteiger partial charge in [-0.25, -0.2) is 0 Å². The zero-order chi connectivity index (χ0) is 9.45. The van der Waals surface area contributed by atoms with Gasteiger partial charge in [0.25, 0.3) is 0 Å². The molecule has 1 nitrogen and oxygen atoms in total. The maximum atomic E-state index is 5.02. The SMILES string of the molecule is C[CH2][Sn](/[CH]=C\COC)([CH2]C)[CH2]C. The Labute approximate surface area is 81.1 Å². The van der Waals surface area contributed by atoms with E-state index in [-0.39, 0.29) is 0 Å². The van der Waals surface area contributed by atoms with Crippen molar-refractivity contribution in [2.24, 2.45) is 0 Å². The molecule has 0 saturated carbocycles. The van der Waals surface area contributed by atoms with Crippen LogP contribution in [0.15, 0.2) is 10.2 Å². The molecule has 12 heavy (non-hydrogen) atoms. The van der Waals surface area contributed by atoms with E-state index in [4.69, 9.17) is 4.74 Å². The van der Waals surface area contributed by atoms with E-state index in [1.54, 1.807) is 7.11 Å². The van der Waals surface area contributed by atoms with Crippen molar-refractivity contribution >= 4 is 18.4 Å². The van der Waals surface area contributed by atoms with Crippen LogP contribution in [0.1, 0.15) is 20.8 Å². The van der Waals surface area contributed by atoms with Crippen LogP contribution < -0.4 is 0 Å². The number of hydrogen-bond donors (Lipinski definition) is 0. The van der Waals surface area contributed by atoms with Crippen LogP contribution in [0.5, 0.6) is 0 Å². The molecule has 0 rings (SSSR count). The molecule has 0 spiro atoms. The molecule has 0 amide bonds. The van der Waals surface area contributed by atoms with Gasteiger partial charge in [0.1, 0.15) is 0 Å². The van der Waals surface area contributed by atoms with Crippen LogP contribution in [0.25, 0.3) is 0 Å². The van der Waals surface area contributed by atoms with Crippen LogP contribution in [0, 0.1) is 0 Å². The zero-order valence-electron chi connectivity index (χ0n) is 8.89. The third-order valence-electron chi connectivity index (χ3n) is 2.85. The predicted molar refractivity (Wildman–Crippen MR) is 58.2 cm³/mol. The maximum absolute atomic E-state index is 5.02. The van der Waals surface area contributed by atoms with Crippen molar-refractivity contribution in [2.75, 3.05) is 13.7 Å². The fourth-order valence-electron chi connectivity index (χ4n) is 1.50. The van der Waals surface area contributed by atoms with Gasteiger partial charge in [0.2, 0.25) is 0 Å². The second kappa shape index (κ2) is 6.96. The van der Waals surface area contributed by atoms with Crippen LogP contribution >= 0.6 is 0 Å². The first-order valence-corrected chi connectivity index (χ1v) is 12.6. The fourth-order valence-corrected chi connectivity index (χ4v) is 9.50. The average Bonchev–Trinajstić information content (AvgIpc) is 2.14. The normalized spacial score (nSPS) is 12.7. The van der Waals surface area contributed by atoms with E-state index in [9.17, 15) is 0 Å². The predicted octanol–water partition coefficient (Wildman–Crippen LogP) is 3.24. The van der Waals surface area contributed by atoms with Gasteiger partial charge in [0.15, 0.2) is 0 Å². The minimum atomic E-state index is -1.75. The van der Waals surface area contributed by atoms with Gasteiger partial charge in [0.05, 0.1) is 0 Å². The van der Waals surface area contributed by atoms with Crippen molar-refractivity contribution in [3.63, 3.8) is 0 Å². The van der Waals surface area contributed by atoms with E-state index in [0.29, 0.717) is 0 Å². The molecule has 0 aromatic rings. The van der Waals surface area contributed by atoms with Crippen LogP contribution in [0.4, 0.5) is 0 Å². The van der Waals surface area contributed by atoms with Crippen LogP contribution in [-0.4, -0.2) is 32.1 Å². The summed E-state index contributed by atoms with van der Waals surface area (Å²) < 4.78 is 11.8. The molecule has 0 bridgehead atoms. The van der Waals surface area contributed by atoms with Crippen molar-refractivity contribution in [2.45, 2.75) is 34.1 Å². The Morgan fingerprint density at radius 3 is 1.92 bits per heavy atom. The van der Waals surface area contributed by atoms with E-state index in [1.165, 1.54) is 13.3 Å². The van der Waals surface area contributed by atoms with E-state index in [2.05, 4.69) is 30.9 Å². The minimum absolute atomic E-state index is 0.790. The zero-order valence-corrected chi connectivity index (χ0v) is 11.7. The summed E-state index contributed by atoms with van der Waals surface area (Å²) >= 11 is -1.75. The third kappa shape index (κ3) is 3.94. The Morgan fingerprint density at radius 1 is 1.08 bits per heavy atom. The molecule has 0 atom stereocenters. The quantitative estimate of drug-likeness (QED) is 0.677. The Morgan fingerprint density at radius 2 is 1.58 bits per heavy atom. The van der Waals surface area contributed by atoms with Gasteiger partial charge in [-0.15, -0.1) is 0 Å². The molecule has 0 saturated heterocycles. The molecule has 0 heterocycles. The Bertz CT molecular complexity index is 120. The van der Waals surface area contributed by atoms with Crippen LogP contribution in [0.2, 0.25) is 13.3 Å². The molecule has 72 valence electrons. The molecule has 0 aliphatic heterocycles. The third-order valence-corrected chi connectivity index (χ3v) is 17.6. The van der Waals surface area contributed by atoms with Crippen molar-refractivity contribution in [1.29, 1.82) is 0 Å². The van der Waals surface area contributed by atoms with Gasteiger partial charge < -0.3 is 0 Å². The van der Waals surface area contributed by atoms with E-state index in [0.717, 1.165) is 6.61 Å². The number of hydrogen-bond acceptors (Lipinski definition) is 1. The number of ether oxygens (including phenoxy) is 1. The van der Waals surface area contributed by atoms with Crippen LogP contribution in [0.3, 0.4) is 0 Å². The van der Waals surface area contributed by atoms with Crippen molar-refractivity contribution in [1.82, 2.24) is 0 Å². The second-order valence-electron chi connectivity index (χ2n) is 3.28. The molecule has 0 aliphatic rings. The van der Waals surface area contributed by atoms with Gasteiger partial charge in [-0.05, 0) is 0 Å². The summed E-state index contributed by atoms with van der Waals surface area (Å²) in [6, 6.07) is 0. The summed E-state index contributed by atoms with van der Waals surface area (Å²) in [5.41, 5.74) is 0. The Balaban J connectivity index is 4.09. The van der Waals surface area contributed by atoms with Crippen molar-refractivity contribution in [3.8, 4) is 0 Å². The molecule has 0 aliphatic carbocycles. The van der Waals surface area contributed by atoms with Crippen molar-refractivity contribution < 1.29 is 4.74 Å². The second-order valence-corrected chi connectivity index (χ2v) is 18.1. The Hall–Kier alpha value is 0.499. The topological polar surface area (TPSA) is 9.23 Å². The number of methoxy groups -OCH3 is 1. The van der Waals surface area contributed by atoms with Gasteiger partial charge >= 0.3 is 81.1 Å². The molecule has 2 heteroatoms. The molecule has 0 aromatic carbocycles. The molecule has 0 N–H and O–H groups in total. The summed E-state index contributed by atoms with van der Waals surface area (Å²) in [4.78, 5) is 0. The Kier molecular flexibility index (Phi) is 7.24. The van der Waals surface area contributed by atoms with Gasteiger partial charge in [0, 0.05) is 0 Å². The van der Waals surface area contributed by atoms with Crippen molar-refractivity contribution in [3.05, 3.63) is 10.2 Å². The first-order chi connectivity index (χ1) is 5.74. The molecular weight excluding hydrogens is 255 g/mol. The summed E-state index contributed by atoms with van der Waals surface area (Å²) in [5, 5.41) is 0. The average molecular weight is 277 g/mol. The number of rotatable bonds is 6. The van der Waals surface area contributed by atoms with E-state index >= 15 is 0 Å².